The smallest absolute Gasteiger partial charge is 0.0329 e. The first-order valence-electron chi connectivity index (χ1n) is 7.49. The van der Waals surface area contributed by atoms with E-state index in [4.69, 9.17) is 0 Å². The molecule has 2 aromatic carbocycles. The normalized spacial score (nSPS) is 20.7. The molecule has 1 atom stereocenters. The number of hydrogen-bond donors (Lipinski definition) is 1. The van der Waals surface area contributed by atoms with Crippen LogP contribution in [-0.4, -0.2) is 12.6 Å². The molecule has 20 heavy (non-hydrogen) atoms. The van der Waals surface area contributed by atoms with Gasteiger partial charge in [-0.1, -0.05) is 54.6 Å². The lowest BCUT2D eigenvalue weighted by Gasteiger charge is -2.27. The molecule has 0 saturated carbocycles. The molecule has 0 radical (unpaired) electrons. The van der Waals surface area contributed by atoms with Gasteiger partial charge in [-0.2, -0.15) is 0 Å². The molecule has 0 spiro atoms. The summed E-state index contributed by atoms with van der Waals surface area (Å²) in [5.41, 5.74) is 7.68. The lowest BCUT2D eigenvalue weighted by atomic mass is 9.91. The van der Waals surface area contributed by atoms with E-state index in [9.17, 15) is 0 Å². The molecule has 0 aromatic heterocycles. The molecule has 0 bridgehead atoms. The standard InChI is InChI=1S/C19H19N/c1-2-6-14(7-3-1)12-19-18-13-15-8-4-5-9-16(15)17(18)10-11-20-19/h1-9,19-20H,10-13H2. The van der Waals surface area contributed by atoms with Gasteiger partial charge >= 0.3 is 0 Å². The van der Waals surface area contributed by atoms with Gasteiger partial charge in [0, 0.05) is 6.04 Å². The number of fused-ring (bicyclic) bond motifs is 2. The predicted molar refractivity (Wildman–Crippen MR) is 83.6 cm³/mol. The first-order valence-corrected chi connectivity index (χ1v) is 7.49. The van der Waals surface area contributed by atoms with Gasteiger partial charge in [0.15, 0.2) is 0 Å². The summed E-state index contributed by atoms with van der Waals surface area (Å²) in [5, 5.41) is 3.72. The fraction of sp³-hybridized carbons (Fsp3) is 0.263. The fourth-order valence-corrected chi connectivity index (χ4v) is 3.62. The Morgan fingerprint density at radius 1 is 0.950 bits per heavy atom. The van der Waals surface area contributed by atoms with Crippen LogP contribution in [0.1, 0.15) is 23.1 Å². The number of rotatable bonds is 2. The third kappa shape index (κ3) is 1.99. The molecule has 0 saturated heterocycles. The van der Waals surface area contributed by atoms with E-state index in [-0.39, 0.29) is 0 Å². The summed E-state index contributed by atoms with van der Waals surface area (Å²) in [4.78, 5) is 0. The van der Waals surface area contributed by atoms with E-state index in [1.165, 1.54) is 23.1 Å². The molecule has 1 aliphatic heterocycles. The van der Waals surface area contributed by atoms with Crippen LogP contribution in [0.25, 0.3) is 5.57 Å². The molecular weight excluding hydrogens is 242 g/mol. The molecule has 1 heterocycles. The highest BCUT2D eigenvalue weighted by Crippen LogP contribution is 2.38. The van der Waals surface area contributed by atoms with E-state index < -0.39 is 0 Å². The Balaban J connectivity index is 1.66. The Labute approximate surface area is 120 Å². The van der Waals surface area contributed by atoms with Crippen LogP contribution in [0.3, 0.4) is 0 Å². The first-order chi connectivity index (χ1) is 9.92. The van der Waals surface area contributed by atoms with E-state index >= 15 is 0 Å². The SMILES string of the molecule is c1ccc(CC2NCCC3=C2Cc2ccccc23)cc1. The summed E-state index contributed by atoms with van der Waals surface area (Å²) in [6, 6.07) is 20.3. The molecule has 0 fully saturated rings. The van der Waals surface area contributed by atoms with E-state index in [1.807, 2.05) is 0 Å². The van der Waals surface area contributed by atoms with Crippen LogP contribution < -0.4 is 5.32 Å². The number of benzene rings is 2. The van der Waals surface area contributed by atoms with Crippen LogP contribution in [0.4, 0.5) is 0 Å². The van der Waals surface area contributed by atoms with E-state index in [0.717, 1.165) is 19.4 Å². The zero-order valence-electron chi connectivity index (χ0n) is 11.6. The molecule has 1 nitrogen and oxygen atoms in total. The van der Waals surface area contributed by atoms with Crippen molar-refractivity contribution in [2.45, 2.75) is 25.3 Å². The van der Waals surface area contributed by atoms with Gasteiger partial charge in [-0.05, 0) is 53.6 Å². The lowest BCUT2D eigenvalue weighted by molar-refractivity contribution is 0.549. The zero-order chi connectivity index (χ0) is 13.4. The van der Waals surface area contributed by atoms with Crippen molar-refractivity contribution >= 4 is 5.57 Å². The fourth-order valence-electron chi connectivity index (χ4n) is 3.62. The highest BCUT2D eigenvalue weighted by molar-refractivity contribution is 5.78. The Bertz CT molecular complexity index is 654. The summed E-state index contributed by atoms with van der Waals surface area (Å²) < 4.78 is 0. The van der Waals surface area contributed by atoms with Crippen LogP contribution in [0.15, 0.2) is 60.2 Å². The van der Waals surface area contributed by atoms with Crippen molar-refractivity contribution in [2.24, 2.45) is 0 Å². The van der Waals surface area contributed by atoms with E-state index in [2.05, 4.69) is 59.9 Å². The molecule has 2 aliphatic rings. The van der Waals surface area contributed by atoms with Gasteiger partial charge in [0.05, 0.1) is 0 Å². The van der Waals surface area contributed by atoms with Gasteiger partial charge in [-0.25, -0.2) is 0 Å². The monoisotopic (exact) mass is 261 g/mol. The number of hydrogen-bond acceptors (Lipinski definition) is 1. The maximum absolute atomic E-state index is 3.72. The molecule has 4 rings (SSSR count). The molecule has 1 aliphatic carbocycles. The highest BCUT2D eigenvalue weighted by Gasteiger charge is 2.29. The van der Waals surface area contributed by atoms with Crippen molar-refractivity contribution in [3.63, 3.8) is 0 Å². The Morgan fingerprint density at radius 2 is 1.75 bits per heavy atom. The van der Waals surface area contributed by atoms with Crippen LogP contribution in [0.5, 0.6) is 0 Å². The minimum atomic E-state index is 0.508. The summed E-state index contributed by atoms with van der Waals surface area (Å²) in [6.45, 7) is 1.10. The summed E-state index contributed by atoms with van der Waals surface area (Å²) >= 11 is 0. The third-order valence-electron chi connectivity index (χ3n) is 4.58. The lowest BCUT2D eigenvalue weighted by Crippen LogP contribution is -2.37. The molecule has 2 aromatic rings. The van der Waals surface area contributed by atoms with Crippen LogP contribution in [0.2, 0.25) is 0 Å². The minimum Gasteiger partial charge on any atom is -0.310 e. The summed E-state index contributed by atoms with van der Waals surface area (Å²) in [7, 11) is 0. The Morgan fingerprint density at radius 3 is 2.65 bits per heavy atom. The van der Waals surface area contributed by atoms with Gasteiger partial charge in [-0.15, -0.1) is 0 Å². The van der Waals surface area contributed by atoms with Crippen molar-refractivity contribution in [1.82, 2.24) is 5.32 Å². The second-order valence-electron chi connectivity index (χ2n) is 5.78. The van der Waals surface area contributed by atoms with Crippen molar-refractivity contribution < 1.29 is 0 Å². The topological polar surface area (TPSA) is 12.0 Å². The van der Waals surface area contributed by atoms with Crippen LogP contribution >= 0.6 is 0 Å². The van der Waals surface area contributed by atoms with Gasteiger partial charge in [-0.3, -0.25) is 0 Å². The van der Waals surface area contributed by atoms with Gasteiger partial charge < -0.3 is 5.32 Å². The molecule has 100 valence electrons. The van der Waals surface area contributed by atoms with Gasteiger partial charge in [0.25, 0.3) is 0 Å². The average molecular weight is 261 g/mol. The van der Waals surface area contributed by atoms with Gasteiger partial charge in [0.2, 0.25) is 0 Å². The maximum atomic E-state index is 3.72. The second kappa shape index (κ2) is 4.92. The van der Waals surface area contributed by atoms with Crippen molar-refractivity contribution in [1.29, 1.82) is 0 Å². The molecule has 1 heteroatoms. The number of nitrogens with one attached hydrogen (secondary N) is 1. The summed E-state index contributed by atoms with van der Waals surface area (Å²) in [6.07, 6.45) is 3.42. The largest absolute Gasteiger partial charge is 0.310 e. The highest BCUT2D eigenvalue weighted by atomic mass is 14.9. The van der Waals surface area contributed by atoms with Crippen molar-refractivity contribution in [3.05, 3.63) is 76.9 Å². The first kappa shape index (κ1) is 11.9. The maximum Gasteiger partial charge on any atom is 0.0329 e. The van der Waals surface area contributed by atoms with E-state index in [1.54, 1.807) is 11.1 Å². The van der Waals surface area contributed by atoms with Gasteiger partial charge in [0.1, 0.15) is 0 Å². The average Bonchev–Trinajstić information content (AvgIpc) is 2.88. The molecule has 1 unspecified atom stereocenters. The van der Waals surface area contributed by atoms with E-state index in [0.29, 0.717) is 6.04 Å². The Hall–Kier alpha value is -1.86. The predicted octanol–water partition coefficient (Wildman–Crippen LogP) is 3.60. The minimum absolute atomic E-state index is 0.508. The second-order valence-corrected chi connectivity index (χ2v) is 5.78. The molecule has 0 amide bonds. The third-order valence-corrected chi connectivity index (χ3v) is 4.58. The van der Waals surface area contributed by atoms with Crippen LogP contribution in [-0.2, 0) is 12.8 Å². The summed E-state index contributed by atoms with van der Waals surface area (Å²) in [5.74, 6) is 0. The van der Waals surface area contributed by atoms with Crippen molar-refractivity contribution in [3.8, 4) is 0 Å². The quantitative estimate of drug-likeness (QED) is 0.871. The Kier molecular flexibility index (Phi) is 2.93. The van der Waals surface area contributed by atoms with Crippen molar-refractivity contribution in [2.75, 3.05) is 6.54 Å². The molecular formula is C19H19N. The van der Waals surface area contributed by atoms with Crippen LogP contribution in [0, 0.1) is 0 Å². The molecule has 1 N–H and O–H groups in total. The zero-order valence-corrected chi connectivity index (χ0v) is 11.6.